The molecule has 7 heteroatoms. The second kappa shape index (κ2) is 9.33. The van der Waals surface area contributed by atoms with Crippen molar-refractivity contribution in [3.05, 3.63) is 51.8 Å². The summed E-state index contributed by atoms with van der Waals surface area (Å²) in [5.74, 6) is 1.27. The molecule has 0 saturated carbocycles. The Bertz CT molecular complexity index is 1000. The molecule has 0 aliphatic heterocycles. The first-order valence-electron chi connectivity index (χ1n) is 8.89. The van der Waals surface area contributed by atoms with Gasteiger partial charge in [-0.25, -0.2) is 4.79 Å². The van der Waals surface area contributed by atoms with Gasteiger partial charge in [-0.2, -0.15) is 0 Å². The number of methoxy groups -OCH3 is 3. The van der Waals surface area contributed by atoms with Crippen LogP contribution < -0.4 is 14.2 Å². The topological polar surface area (TPSA) is 54.0 Å². The quantitative estimate of drug-likeness (QED) is 0.388. The SMILES string of the molecule is CCOC(=O)c1cc(-c2cc(OC)c(OC)c(OC)c2)c(-c2cccc(Br)c2)s1. The second-order valence-corrected chi connectivity index (χ2v) is 7.97. The van der Waals surface area contributed by atoms with E-state index in [4.69, 9.17) is 18.9 Å². The summed E-state index contributed by atoms with van der Waals surface area (Å²) in [6, 6.07) is 13.5. The molecule has 3 rings (SSSR count). The molecule has 0 radical (unpaired) electrons. The molecule has 0 fully saturated rings. The van der Waals surface area contributed by atoms with Gasteiger partial charge in [0, 0.05) is 14.9 Å². The average molecular weight is 477 g/mol. The maximum Gasteiger partial charge on any atom is 0.348 e. The van der Waals surface area contributed by atoms with Gasteiger partial charge in [0.05, 0.1) is 27.9 Å². The predicted octanol–water partition coefficient (Wildman–Crippen LogP) is 6.05. The number of hydrogen-bond acceptors (Lipinski definition) is 6. The first-order valence-corrected chi connectivity index (χ1v) is 10.5. The van der Waals surface area contributed by atoms with Crippen LogP contribution in [-0.2, 0) is 4.74 Å². The minimum Gasteiger partial charge on any atom is -0.493 e. The number of carbonyl (C=O) groups is 1. The molecule has 0 bridgehead atoms. The van der Waals surface area contributed by atoms with Crippen molar-refractivity contribution in [1.29, 1.82) is 0 Å². The Labute approximate surface area is 182 Å². The molecular weight excluding hydrogens is 456 g/mol. The van der Waals surface area contributed by atoms with Crippen molar-refractivity contribution in [2.24, 2.45) is 0 Å². The van der Waals surface area contributed by atoms with Crippen LogP contribution in [0.1, 0.15) is 16.6 Å². The van der Waals surface area contributed by atoms with E-state index in [0.717, 1.165) is 26.0 Å². The van der Waals surface area contributed by atoms with Gasteiger partial charge in [0.25, 0.3) is 0 Å². The fourth-order valence-corrected chi connectivity index (χ4v) is 4.46. The summed E-state index contributed by atoms with van der Waals surface area (Å²) in [4.78, 5) is 13.9. The van der Waals surface area contributed by atoms with Crippen LogP contribution in [0.5, 0.6) is 17.2 Å². The van der Waals surface area contributed by atoms with E-state index in [-0.39, 0.29) is 5.97 Å². The monoisotopic (exact) mass is 476 g/mol. The van der Waals surface area contributed by atoms with Gasteiger partial charge < -0.3 is 18.9 Å². The molecule has 1 heterocycles. The third kappa shape index (κ3) is 4.41. The van der Waals surface area contributed by atoms with Crippen LogP contribution in [0.2, 0.25) is 0 Å². The largest absolute Gasteiger partial charge is 0.493 e. The summed E-state index contributed by atoms with van der Waals surface area (Å²) in [5, 5.41) is 0. The van der Waals surface area contributed by atoms with Crippen LogP contribution >= 0.6 is 27.3 Å². The number of rotatable bonds is 7. The van der Waals surface area contributed by atoms with E-state index in [1.54, 1.807) is 28.3 Å². The molecular formula is C22H21BrO5S. The van der Waals surface area contributed by atoms with E-state index in [1.807, 2.05) is 42.5 Å². The zero-order valence-electron chi connectivity index (χ0n) is 16.6. The van der Waals surface area contributed by atoms with E-state index in [2.05, 4.69) is 15.9 Å². The van der Waals surface area contributed by atoms with Crippen LogP contribution in [0, 0.1) is 0 Å². The third-order valence-corrected chi connectivity index (χ3v) is 5.93. The smallest absolute Gasteiger partial charge is 0.348 e. The molecule has 2 aromatic carbocycles. The van der Waals surface area contributed by atoms with Gasteiger partial charge in [0.15, 0.2) is 11.5 Å². The average Bonchev–Trinajstić information content (AvgIpc) is 3.18. The fourth-order valence-electron chi connectivity index (χ4n) is 2.99. The van der Waals surface area contributed by atoms with Gasteiger partial charge in [-0.05, 0) is 48.4 Å². The van der Waals surface area contributed by atoms with Gasteiger partial charge in [0.2, 0.25) is 5.75 Å². The normalized spacial score (nSPS) is 10.5. The van der Waals surface area contributed by atoms with Crippen molar-refractivity contribution in [2.75, 3.05) is 27.9 Å². The summed E-state index contributed by atoms with van der Waals surface area (Å²) >= 11 is 4.91. The second-order valence-electron chi connectivity index (χ2n) is 6.00. The molecule has 0 aliphatic rings. The summed E-state index contributed by atoms with van der Waals surface area (Å²) in [7, 11) is 4.72. The van der Waals surface area contributed by atoms with Crippen LogP contribution in [0.4, 0.5) is 0 Å². The van der Waals surface area contributed by atoms with Crippen molar-refractivity contribution in [3.8, 4) is 38.8 Å². The number of ether oxygens (including phenoxy) is 4. The summed E-state index contributed by atoms with van der Waals surface area (Å²) < 4.78 is 22.6. The highest BCUT2D eigenvalue weighted by Gasteiger charge is 2.21. The van der Waals surface area contributed by atoms with E-state index < -0.39 is 0 Å². The Morgan fingerprint density at radius 2 is 1.66 bits per heavy atom. The Kier molecular flexibility index (Phi) is 6.82. The van der Waals surface area contributed by atoms with Crippen molar-refractivity contribution in [1.82, 2.24) is 0 Å². The summed E-state index contributed by atoms with van der Waals surface area (Å²) in [6.45, 7) is 2.11. The zero-order chi connectivity index (χ0) is 21.0. The van der Waals surface area contributed by atoms with E-state index in [9.17, 15) is 4.79 Å². The van der Waals surface area contributed by atoms with Gasteiger partial charge >= 0.3 is 5.97 Å². The molecule has 152 valence electrons. The number of carbonyl (C=O) groups excluding carboxylic acids is 1. The number of esters is 1. The third-order valence-electron chi connectivity index (χ3n) is 4.27. The van der Waals surface area contributed by atoms with Crippen LogP contribution in [0.15, 0.2) is 46.9 Å². The van der Waals surface area contributed by atoms with Gasteiger partial charge in [-0.3, -0.25) is 0 Å². The molecule has 0 aliphatic carbocycles. The Morgan fingerprint density at radius 3 is 2.21 bits per heavy atom. The molecule has 0 spiro atoms. The minimum atomic E-state index is -0.340. The molecule has 29 heavy (non-hydrogen) atoms. The van der Waals surface area contributed by atoms with Crippen molar-refractivity contribution in [3.63, 3.8) is 0 Å². The highest BCUT2D eigenvalue weighted by Crippen LogP contribution is 2.46. The van der Waals surface area contributed by atoms with Crippen LogP contribution in [0.25, 0.3) is 21.6 Å². The molecule has 0 saturated heterocycles. The fraction of sp³-hybridized carbons (Fsp3) is 0.227. The zero-order valence-corrected chi connectivity index (χ0v) is 19.0. The van der Waals surface area contributed by atoms with Gasteiger partial charge in [-0.15, -0.1) is 11.3 Å². The maximum absolute atomic E-state index is 12.4. The predicted molar refractivity (Wildman–Crippen MR) is 119 cm³/mol. The van der Waals surface area contributed by atoms with Gasteiger partial charge in [0.1, 0.15) is 4.88 Å². The standard InChI is InChI=1S/C22H21BrO5S/c1-5-28-22(24)19-12-16(21(29-19)13-7-6-8-15(23)9-13)14-10-17(25-2)20(27-4)18(11-14)26-3/h6-12H,5H2,1-4H3. The molecule has 0 N–H and O–H groups in total. The number of benzene rings is 2. The Morgan fingerprint density at radius 1 is 0.966 bits per heavy atom. The molecule has 0 amide bonds. The number of hydrogen-bond donors (Lipinski definition) is 0. The number of halogens is 1. The minimum absolute atomic E-state index is 0.322. The number of thiophene rings is 1. The van der Waals surface area contributed by atoms with Crippen molar-refractivity contribution >= 4 is 33.2 Å². The molecule has 5 nitrogen and oxygen atoms in total. The molecule has 3 aromatic rings. The van der Waals surface area contributed by atoms with Crippen LogP contribution in [0.3, 0.4) is 0 Å². The first kappa shape index (κ1) is 21.2. The van der Waals surface area contributed by atoms with E-state index in [1.165, 1.54) is 11.3 Å². The lowest BCUT2D eigenvalue weighted by Crippen LogP contribution is -2.01. The molecule has 0 unspecified atom stereocenters. The van der Waals surface area contributed by atoms with Crippen molar-refractivity contribution < 1.29 is 23.7 Å². The lowest BCUT2D eigenvalue weighted by molar-refractivity contribution is 0.0532. The van der Waals surface area contributed by atoms with Crippen LogP contribution in [-0.4, -0.2) is 33.9 Å². The van der Waals surface area contributed by atoms with E-state index in [0.29, 0.717) is 28.7 Å². The highest BCUT2D eigenvalue weighted by atomic mass is 79.9. The summed E-state index contributed by atoms with van der Waals surface area (Å²) in [5.41, 5.74) is 2.72. The Hall–Kier alpha value is -2.51. The maximum atomic E-state index is 12.4. The first-order chi connectivity index (χ1) is 14.0. The summed E-state index contributed by atoms with van der Waals surface area (Å²) in [6.07, 6.45) is 0. The molecule has 1 aromatic heterocycles. The highest BCUT2D eigenvalue weighted by molar-refractivity contribution is 9.10. The van der Waals surface area contributed by atoms with Crippen molar-refractivity contribution in [2.45, 2.75) is 6.92 Å². The van der Waals surface area contributed by atoms with E-state index >= 15 is 0 Å². The lowest BCUT2D eigenvalue weighted by atomic mass is 10.0. The molecule has 0 atom stereocenters. The van der Waals surface area contributed by atoms with Gasteiger partial charge in [-0.1, -0.05) is 28.1 Å². The Balaban J connectivity index is 2.24. The lowest BCUT2D eigenvalue weighted by Gasteiger charge is -2.14.